The van der Waals surface area contributed by atoms with E-state index in [0.717, 1.165) is 6.42 Å². The molecule has 0 amide bonds. The van der Waals surface area contributed by atoms with Crippen molar-refractivity contribution in [3.8, 4) is 0 Å². The lowest BCUT2D eigenvalue weighted by Gasteiger charge is -2.33. The smallest absolute Gasteiger partial charge is 0.422 e. The Kier molecular flexibility index (Phi) is 7.51. The highest BCUT2D eigenvalue weighted by Crippen LogP contribution is 2.31. The summed E-state index contributed by atoms with van der Waals surface area (Å²) in [6.45, 7) is 5.91. The summed E-state index contributed by atoms with van der Waals surface area (Å²) in [7, 11) is 0. The zero-order valence-corrected chi connectivity index (χ0v) is 12.4. The SMILES string of the molecule is CCC(CC(CC)(ON)C(=O)OCC(F)(F)F)C(C)C. The molecule has 0 rings (SSSR count). The molecule has 0 aliphatic carbocycles. The molecule has 0 bridgehead atoms. The molecular weight excluding hydrogens is 275 g/mol. The van der Waals surface area contributed by atoms with Crippen LogP contribution in [0.3, 0.4) is 0 Å². The fraction of sp³-hybridized carbons (Fsp3) is 0.923. The molecular formula is C13H24F3NO3. The Morgan fingerprint density at radius 2 is 1.80 bits per heavy atom. The third-order valence-corrected chi connectivity index (χ3v) is 3.59. The first-order valence-electron chi connectivity index (χ1n) is 6.73. The minimum Gasteiger partial charge on any atom is -0.454 e. The van der Waals surface area contributed by atoms with E-state index in [-0.39, 0.29) is 24.7 Å². The van der Waals surface area contributed by atoms with E-state index in [2.05, 4.69) is 4.74 Å². The number of alkyl halides is 3. The predicted octanol–water partition coefficient (Wildman–Crippen LogP) is 3.20. The van der Waals surface area contributed by atoms with Gasteiger partial charge in [0, 0.05) is 0 Å². The molecule has 0 radical (unpaired) electrons. The van der Waals surface area contributed by atoms with Gasteiger partial charge in [-0.2, -0.15) is 13.2 Å². The number of hydrogen-bond acceptors (Lipinski definition) is 4. The topological polar surface area (TPSA) is 61.5 Å². The van der Waals surface area contributed by atoms with Gasteiger partial charge in [-0.05, 0) is 24.7 Å². The van der Waals surface area contributed by atoms with Crippen LogP contribution in [-0.2, 0) is 14.4 Å². The minimum atomic E-state index is -4.56. The number of nitrogens with two attached hydrogens (primary N) is 1. The molecule has 7 heteroatoms. The zero-order valence-electron chi connectivity index (χ0n) is 12.4. The van der Waals surface area contributed by atoms with Crippen LogP contribution in [0.2, 0.25) is 0 Å². The molecule has 0 fully saturated rings. The van der Waals surface area contributed by atoms with Crippen LogP contribution in [0.4, 0.5) is 13.2 Å². The summed E-state index contributed by atoms with van der Waals surface area (Å²) < 4.78 is 40.7. The molecule has 0 saturated heterocycles. The Balaban J connectivity index is 4.94. The van der Waals surface area contributed by atoms with E-state index in [9.17, 15) is 18.0 Å². The molecule has 4 nitrogen and oxygen atoms in total. The van der Waals surface area contributed by atoms with Gasteiger partial charge in [-0.1, -0.05) is 34.1 Å². The Labute approximate surface area is 117 Å². The Morgan fingerprint density at radius 3 is 2.10 bits per heavy atom. The van der Waals surface area contributed by atoms with E-state index in [1.54, 1.807) is 6.92 Å². The first kappa shape index (κ1) is 19.2. The molecule has 120 valence electrons. The normalized spacial score (nSPS) is 16.9. The van der Waals surface area contributed by atoms with E-state index < -0.39 is 24.4 Å². The van der Waals surface area contributed by atoms with Gasteiger partial charge < -0.3 is 4.74 Å². The molecule has 2 atom stereocenters. The molecule has 0 aliphatic heterocycles. The molecule has 0 aromatic carbocycles. The van der Waals surface area contributed by atoms with E-state index in [1.807, 2.05) is 20.8 Å². The third kappa shape index (κ3) is 5.66. The van der Waals surface area contributed by atoms with Crippen molar-refractivity contribution in [3.05, 3.63) is 0 Å². The predicted molar refractivity (Wildman–Crippen MR) is 68.5 cm³/mol. The first-order chi connectivity index (χ1) is 9.11. The van der Waals surface area contributed by atoms with Gasteiger partial charge in [-0.15, -0.1) is 0 Å². The lowest BCUT2D eigenvalue weighted by molar-refractivity contribution is -0.206. The van der Waals surface area contributed by atoms with E-state index in [0.29, 0.717) is 0 Å². The lowest BCUT2D eigenvalue weighted by atomic mass is 9.81. The van der Waals surface area contributed by atoms with Gasteiger partial charge in [0.2, 0.25) is 0 Å². The fourth-order valence-corrected chi connectivity index (χ4v) is 2.11. The Morgan fingerprint density at radius 1 is 1.25 bits per heavy atom. The molecule has 0 heterocycles. The van der Waals surface area contributed by atoms with Crippen molar-refractivity contribution in [2.24, 2.45) is 17.7 Å². The van der Waals surface area contributed by atoms with Crippen LogP contribution in [0.25, 0.3) is 0 Å². The van der Waals surface area contributed by atoms with Crippen molar-refractivity contribution in [2.75, 3.05) is 6.61 Å². The second-order valence-electron chi connectivity index (χ2n) is 5.27. The monoisotopic (exact) mass is 299 g/mol. The average molecular weight is 299 g/mol. The van der Waals surface area contributed by atoms with Gasteiger partial charge in [0.05, 0.1) is 0 Å². The summed E-state index contributed by atoms with van der Waals surface area (Å²) in [6.07, 6.45) is -3.39. The Bertz CT molecular complexity index is 302. The van der Waals surface area contributed by atoms with Gasteiger partial charge in [-0.25, -0.2) is 10.7 Å². The number of carbonyl (C=O) groups excluding carboxylic acids is 1. The second-order valence-corrected chi connectivity index (χ2v) is 5.27. The summed E-state index contributed by atoms with van der Waals surface area (Å²) in [5.41, 5.74) is -1.52. The minimum absolute atomic E-state index is 0.108. The highest BCUT2D eigenvalue weighted by Gasteiger charge is 2.43. The summed E-state index contributed by atoms with van der Waals surface area (Å²) in [5.74, 6) is 4.49. The summed E-state index contributed by atoms with van der Waals surface area (Å²) in [4.78, 5) is 16.7. The third-order valence-electron chi connectivity index (χ3n) is 3.59. The van der Waals surface area contributed by atoms with Gasteiger partial charge in [-0.3, -0.25) is 4.84 Å². The van der Waals surface area contributed by atoms with E-state index in [1.165, 1.54) is 0 Å². The number of carbonyl (C=O) groups is 1. The van der Waals surface area contributed by atoms with Crippen molar-refractivity contribution < 1.29 is 27.5 Å². The summed E-state index contributed by atoms with van der Waals surface area (Å²) >= 11 is 0. The largest absolute Gasteiger partial charge is 0.454 e. The highest BCUT2D eigenvalue weighted by atomic mass is 19.4. The molecule has 20 heavy (non-hydrogen) atoms. The number of halogens is 3. The van der Waals surface area contributed by atoms with Crippen LogP contribution in [0.1, 0.15) is 47.0 Å². The van der Waals surface area contributed by atoms with Crippen molar-refractivity contribution in [2.45, 2.75) is 58.7 Å². The molecule has 0 aromatic heterocycles. The van der Waals surface area contributed by atoms with Crippen molar-refractivity contribution in [3.63, 3.8) is 0 Å². The molecule has 0 aromatic rings. The fourth-order valence-electron chi connectivity index (χ4n) is 2.11. The van der Waals surface area contributed by atoms with Gasteiger partial charge >= 0.3 is 12.1 Å². The van der Waals surface area contributed by atoms with Crippen LogP contribution in [0.5, 0.6) is 0 Å². The van der Waals surface area contributed by atoms with Crippen LogP contribution >= 0.6 is 0 Å². The maximum Gasteiger partial charge on any atom is 0.422 e. The molecule has 2 unspecified atom stereocenters. The van der Waals surface area contributed by atoms with Crippen molar-refractivity contribution >= 4 is 5.97 Å². The number of rotatable bonds is 8. The second kappa shape index (κ2) is 7.83. The van der Waals surface area contributed by atoms with Crippen LogP contribution in [0.15, 0.2) is 0 Å². The Hall–Kier alpha value is -0.820. The first-order valence-corrected chi connectivity index (χ1v) is 6.73. The average Bonchev–Trinajstić information content (AvgIpc) is 2.37. The number of esters is 1. The van der Waals surface area contributed by atoms with E-state index in [4.69, 9.17) is 10.7 Å². The van der Waals surface area contributed by atoms with Crippen molar-refractivity contribution in [1.29, 1.82) is 0 Å². The van der Waals surface area contributed by atoms with Crippen molar-refractivity contribution in [1.82, 2.24) is 0 Å². The summed E-state index contributed by atoms with van der Waals surface area (Å²) in [5, 5.41) is 0. The molecule has 0 spiro atoms. The maximum atomic E-state index is 12.1. The maximum absolute atomic E-state index is 12.1. The molecule has 0 aliphatic rings. The van der Waals surface area contributed by atoms with Crippen LogP contribution in [-0.4, -0.2) is 24.4 Å². The van der Waals surface area contributed by atoms with Gasteiger partial charge in [0.25, 0.3) is 0 Å². The zero-order chi connectivity index (χ0) is 16.0. The summed E-state index contributed by atoms with van der Waals surface area (Å²) in [6, 6.07) is 0. The van der Waals surface area contributed by atoms with Crippen LogP contribution in [0, 0.1) is 11.8 Å². The standard InChI is InChI=1S/C13H24F3NO3/c1-5-10(9(3)4)7-12(6-2,20-17)11(18)19-8-13(14,15)16/h9-10H,5-8,17H2,1-4H3. The quantitative estimate of drug-likeness (QED) is 0.552. The van der Waals surface area contributed by atoms with Gasteiger partial charge in [0.15, 0.2) is 12.2 Å². The lowest BCUT2D eigenvalue weighted by Crippen LogP contribution is -2.47. The highest BCUT2D eigenvalue weighted by molar-refractivity contribution is 5.79. The molecule has 0 saturated carbocycles. The van der Waals surface area contributed by atoms with E-state index >= 15 is 0 Å². The van der Waals surface area contributed by atoms with Crippen LogP contribution < -0.4 is 5.90 Å². The number of ether oxygens (including phenoxy) is 1. The van der Waals surface area contributed by atoms with Gasteiger partial charge in [0.1, 0.15) is 0 Å². The number of hydrogen-bond donors (Lipinski definition) is 1. The molecule has 2 N–H and O–H groups in total.